The van der Waals surface area contributed by atoms with Gasteiger partial charge < -0.3 is 15.8 Å². The van der Waals surface area contributed by atoms with E-state index in [1.165, 1.54) is 18.5 Å². The van der Waals surface area contributed by atoms with E-state index in [0.29, 0.717) is 28.3 Å². The van der Waals surface area contributed by atoms with Crippen LogP contribution in [0.3, 0.4) is 0 Å². The van der Waals surface area contributed by atoms with E-state index in [1.807, 2.05) is 4.68 Å². The Kier molecular flexibility index (Phi) is 4.95. The first-order valence-corrected chi connectivity index (χ1v) is 10.0. The van der Waals surface area contributed by atoms with E-state index >= 15 is 0 Å². The molecule has 7 nitrogen and oxygen atoms in total. The summed E-state index contributed by atoms with van der Waals surface area (Å²) in [5.41, 5.74) is 8.33. The van der Waals surface area contributed by atoms with Gasteiger partial charge in [-0.2, -0.15) is 9.49 Å². The molecular weight excluding hydrogens is 402 g/mol. The summed E-state index contributed by atoms with van der Waals surface area (Å²) in [6.07, 6.45) is 3.50. The molecule has 0 amide bonds. The van der Waals surface area contributed by atoms with E-state index in [1.54, 1.807) is 24.3 Å². The molecule has 3 heterocycles. The average Bonchev–Trinajstić information content (AvgIpc) is 3.19. The molecule has 2 aromatic heterocycles. The quantitative estimate of drug-likeness (QED) is 0.515. The van der Waals surface area contributed by atoms with Gasteiger partial charge in [-0.25, -0.2) is 19.0 Å². The molecular formula is C22H20F2N6O. The summed E-state index contributed by atoms with van der Waals surface area (Å²) in [4.78, 5) is 8.57. The monoisotopic (exact) mass is 422 g/mol. The summed E-state index contributed by atoms with van der Waals surface area (Å²) in [6, 6.07) is 10.9. The number of nitrogen functional groups attached to an aromatic ring is 1. The average molecular weight is 422 g/mol. The van der Waals surface area contributed by atoms with Gasteiger partial charge in [0.05, 0.1) is 11.4 Å². The molecule has 0 aliphatic carbocycles. The second-order valence-corrected chi connectivity index (χ2v) is 7.43. The van der Waals surface area contributed by atoms with Crippen molar-refractivity contribution >= 4 is 16.9 Å². The predicted octanol–water partition coefficient (Wildman–Crippen LogP) is 4.07. The normalized spacial score (nSPS) is 16.5. The van der Waals surface area contributed by atoms with Gasteiger partial charge in [-0.1, -0.05) is 6.07 Å². The Bertz CT molecular complexity index is 1230. The van der Waals surface area contributed by atoms with E-state index in [0.717, 1.165) is 37.6 Å². The summed E-state index contributed by atoms with van der Waals surface area (Å²) in [5, 5.41) is 8.91. The van der Waals surface area contributed by atoms with Crippen LogP contribution in [0.15, 0.2) is 48.8 Å². The maximum absolute atomic E-state index is 13.9. The van der Waals surface area contributed by atoms with Crippen LogP contribution in [0.2, 0.25) is 0 Å². The predicted molar refractivity (Wildman–Crippen MR) is 113 cm³/mol. The first kappa shape index (κ1) is 19.4. The van der Waals surface area contributed by atoms with Crippen LogP contribution < -0.4 is 15.8 Å². The molecule has 1 unspecified atom stereocenters. The lowest BCUT2D eigenvalue weighted by molar-refractivity contribution is 0.354. The molecule has 9 heteroatoms. The molecule has 158 valence electrons. The lowest BCUT2D eigenvalue weighted by Gasteiger charge is -2.23. The molecule has 5 rings (SSSR count). The van der Waals surface area contributed by atoms with Crippen LogP contribution in [0.5, 0.6) is 11.5 Å². The Morgan fingerprint density at radius 1 is 1.10 bits per heavy atom. The number of benzene rings is 2. The highest BCUT2D eigenvalue weighted by molar-refractivity contribution is 5.98. The number of halogens is 2. The van der Waals surface area contributed by atoms with Crippen LogP contribution in [0.1, 0.15) is 18.9 Å². The Morgan fingerprint density at radius 2 is 1.94 bits per heavy atom. The molecule has 0 radical (unpaired) electrons. The number of piperidine rings is 1. The lowest BCUT2D eigenvalue weighted by atomic mass is 10.1. The second kappa shape index (κ2) is 7.92. The van der Waals surface area contributed by atoms with Crippen LogP contribution in [0.25, 0.3) is 22.3 Å². The van der Waals surface area contributed by atoms with E-state index in [-0.39, 0.29) is 11.8 Å². The van der Waals surface area contributed by atoms with Crippen LogP contribution in [0, 0.1) is 11.6 Å². The van der Waals surface area contributed by atoms with E-state index < -0.39 is 11.6 Å². The number of anilines is 1. The van der Waals surface area contributed by atoms with Crippen molar-refractivity contribution in [3.05, 3.63) is 60.4 Å². The zero-order valence-corrected chi connectivity index (χ0v) is 16.6. The van der Waals surface area contributed by atoms with E-state index in [9.17, 15) is 8.78 Å². The molecule has 0 saturated carbocycles. The Labute approximate surface area is 176 Å². The molecule has 4 aromatic rings. The van der Waals surface area contributed by atoms with Crippen molar-refractivity contribution in [2.75, 3.05) is 18.8 Å². The molecule has 1 aliphatic rings. The molecule has 0 bridgehead atoms. The van der Waals surface area contributed by atoms with Crippen molar-refractivity contribution in [1.29, 1.82) is 0 Å². The summed E-state index contributed by atoms with van der Waals surface area (Å²) in [5.74, 6) is -1.43. The number of nitrogens with two attached hydrogens (primary N) is 1. The third-order valence-electron chi connectivity index (χ3n) is 5.41. The number of nitrogens with zero attached hydrogens (tertiary/aromatic N) is 4. The van der Waals surface area contributed by atoms with Crippen molar-refractivity contribution in [3.8, 4) is 22.8 Å². The van der Waals surface area contributed by atoms with Crippen LogP contribution in [-0.2, 0) is 0 Å². The molecule has 1 saturated heterocycles. The summed E-state index contributed by atoms with van der Waals surface area (Å²) in [6.45, 7) is 1.80. The molecule has 2 aromatic carbocycles. The SMILES string of the molecule is Nc1ncnc2c1c(-c1ccc(Oc3cccc(F)c3F)cc1)nn2C1CCCNC1. The maximum atomic E-state index is 13.9. The zero-order chi connectivity index (χ0) is 21.4. The smallest absolute Gasteiger partial charge is 0.201 e. The van der Waals surface area contributed by atoms with Crippen molar-refractivity contribution in [2.24, 2.45) is 0 Å². The molecule has 31 heavy (non-hydrogen) atoms. The third-order valence-corrected chi connectivity index (χ3v) is 5.41. The second-order valence-electron chi connectivity index (χ2n) is 7.43. The van der Waals surface area contributed by atoms with Crippen molar-refractivity contribution in [3.63, 3.8) is 0 Å². The van der Waals surface area contributed by atoms with Gasteiger partial charge in [0.1, 0.15) is 23.6 Å². The Balaban J connectivity index is 1.51. The van der Waals surface area contributed by atoms with Gasteiger partial charge in [-0.3, -0.25) is 0 Å². The fourth-order valence-electron chi connectivity index (χ4n) is 3.86. The highest BCUT2D eigenvalue weighted by atomic mass is 19.2. The third kappa shape index (κ3) is 3.57. The minimum Gasteiger partial charge on any atom is -0.454 e. The van der Waals surface area contributed by atoms with Gasteiger partial charge in [-0.05, 0) is 55.8 Å². The first-order chi connectivity index (χ1) is 15.1. The van der Waals surface area contributed by atoms with Crippen molar-refractivity contribution in [2.45, 2.75) is 18.9 Å². The fourth-order valence-corrected chi connectivity index (χ4v) is 3.86. The summed E-state index contributed by atoms with van der Waals surface area (Å²) < 4.78 is 34.7. The molecule has 1 fully saturated rings. The van der Waals surface area contributed by atoms with E-state index in [4.69, 9.17) is 15.6 Å². The molecule has 3 N–H and O–H groups in total. The maximum Gasteiger partial charge on any atom is 0.201 e. The number of nitrogens with one attached hydrogen (secondary N) is 1. The number of hydrogen-bond donors (Lipinski definition) is 2. The fraction of sp³-hybridized carbons (Fsp3) is 0.227. The highest BCUT2D eigenvalue weighted by Gasteiger charge is 2.23. The van der Waals surface area contributed by atoms with Gasteiger partial charge in [0, 0.05) is 12.1 Å². The van der Waals surface area contributed by atoms with Gasteiger partial charge in [0.25, 0.3) is 0 Å². The van der Waals surface area contributed by atoms with Gasteiger partial charge >= 0.3 is 0 Å². The van der Waals surface area contributed by atoms with Gasteiger partial charge in [-0.15, -0.1) is 0 Å². The number of rotatable bonds is 4. The minimum absolute atomic E-state index is 0.176. The topological polar surface area (TPSA) is 90.9 Å². The number of hydrogen-bond acceptors (Lipinski definition) is 6. The standard InChI is InChI=1S/C22H20F2N6O/c23-16-4-1-5-17(19(16)24)31-15-8-6-13(7-9-15)20-18-21(25)27-12-28-22(18)30(29-20)14-3-2-10-26-11-14/h1,4-9,12,14,26H,2-3,10-11H2,(H2,25,27,28). The molecule has 1 aliphatic heterocycles. The zero-order valence-electron chi connectivity index (χ0n) is 16.6. The van der Waals surface area contributed by atoms with Crippen molar-refractivity contribution < 1.29 is 13.5 Å². The summed E-state index contributed by atoms with van der Waals surface area (Å²) in [7, 11) is 0. The van der Waals surface area contributed by atoms with Crippen LogP contribution >= 0.6 is 0 Å². The molecule has 1 atom stereocenters. The summed E-state index contributed by atoms with van der Waals surface area (Å²) >= 11 is 0. The lowest BCUT2D eigenvalue weighted by Crippen LogP contribution is -2.32. The Hall–Kier alpha value is -3.59. The highest BCUT2D eigenvalue weighted by Crippen LogP contribution is 2.34. The van der Waals surface area contributed by atoms with Crippen molar-refractivity contribution in [1.82, 2.24) is 25.1 Å². The van der Waals surface area contributed by atoms with E-state index in [2.05, 4.69) is 15.3 Å². The largest absolute Gasteiger partial charge is 0.454 e. The van der Waals surface area contributed by atoms with Gasteiger partial charge in [0.15, 0.2) is 17.2 Å². The van der Waals surface area contributed by atoms with Gasteiger partial charge in [0.2, 0.25) is 5.82 Å². The number of aromatic nitrogens is 4. The molecule has 0 spiro atoms. The first-order valence-electron chi connectivity index (χ1n) is 10.0. The number of fused-ring (bicyclic) bond motifs is 1. The van der Waals surface area contributed by atoms with Crippen LogP contribution in [-0.4, -0.2) is 32.8 Å². The minimum atomic E-state index is -1.03. The number of ether oxygens (including phenoxy) is 1. The Morgan fingerprint density at radius 3 is 2.71 bits per heavy atom. The van der Waals surface area contributed by atoms with Crippen LogP contribution in [0.4, 0.5) is 14.6 Å².